The molecule has 0 aromatic heterocycles. The van der Waals surface area contributed by atoms with Crippen LogP contribution in [0.15, 0.2) is 24.3 Å². The van der Waals surface area contributed by atoms with E-state index >= 15 is 0 Å². The van der Waals surface area contributed by atoms with E-state index in [1.807, 2.05) is 12.1 Å². The summed E-state index contributed by atoms with van der Waals surface area (Å²) in [6.45, 7) is 3.16. The fourth-order valence-corrected chi connectivity index (χ4v) is 2.54. The first-order valence-corrected chi connectivity index (χ1v) is 6.06. The summed E-state index contributed by atoms with van der Waals surface area (Å²) < 4.78 is 0. The van der Waals surface area contributed by atoms with Crippen LogP contribution < -0.4 is 10.2 Å². The molecule has 0 radical (unpaired) electrons. The molecule has 5 nitrogen and oxygen atoms in total. The summed E-state index contributed by atoms with van der Waals surface area (Å²) >= 11 is 0. The van der Waals surface area contributed by atoms with E-state index in [9.17, 15) is 4.79 Å². The number of rotatable bonds is 1. The summed E-state index contributed by atoms with van der Waals surface area (Å²) in [4.78, 5) is 16.2. The van der Waals surface area contributed by atoms with Crippen LogP contribution in [-0.4, -0.2) is 43.2 Å². The number of piperazine rings is 1. The van der Waals surface area contributed by atoms with Crippen LogP contribution >= 0.6 is 12.4 Å². The number of amides is 1. The fourth-order valence-electron chi connectivity index (χ4n) is 2.54. The summed E-state index contributed by atoms with van der Waals surface area (Å²) in [5.41, 5.74) is 1.40. The van der Waals surface area contributed by atoms with Gasteiger partial charge in [-0.1, -0.05) is 6.07 Å². The Bertz CT molecular complexity index is 528. The molecule has 0 aliphatic carbocycles. The lowest BCUT2D eigenvalue weighted by atomic mass is 10.2. The minimum atomic E-state index is -0.0514. The third-order valence-corrected chi connectivity index (χ3v) is 3.52. The summed E-state index contributed by atoms with van der Waals surface area (Å²) in [7, 11) is 0. The molecule has 1 aromatic carbocycles. The molecule has 0 bridgehead atoms. The molecule has 1 atom stereocenters. The maximum atomic E-state index is 12.3. The Morgan fingerprint density at radius 3 is 3.00 bits per heavy atom. The molecule has 19 heavy (non-hydrogen) atoms. The lowest BCUT2D eigenvalue weighted by Crippen LogP contribution is -2.50. The number of anilines is 1. The van der Waals surface area contributed by atoms with Crippen LogP contribution in [0.3, 0.4) is 0 Å². The van der Waals surface area contributed by atoms with E-state index in [0.717, 1.165) is 18.8 Å². The molecule has 1 aromatic rings. The van der Waals surface area contributed by atoms with Crippen LogP contribution in [0.4, 0.5) is 5.69 Å². The van der Waals surface area contributed by atoms with Crippen molar-refractivity contribution in [2.24, 2.45) is 0 Å². The van der Waals surface area contributed by atoms with Gasteiger partial charge < -0.3 is 5.32 Å². The highest BCUT2D eigenvalue weighted by Crippen LogP contribution is 2.24. The SMILES string of the molecule is Cl.N#Cc1cccc(N2CN3CCNCC3C2=O)c1. The fraction of sp³-hybridized carbons (Fsp3) is 0.385. The quantitative estimate of drug-likeness (QED) is 0.815. The van der Waals surface area contributed by atoms with Crippen molar-refractivity contribution < 1.29 is 4.79 Å². The smallest absolute Gasteiger partial charge is 0.246 e. The van der Waals surface area contributed by atoms with Crippen molar-refractivity contribution in [2.45, 2.75) is 6.04 Å². The Labute approximate surface area is 118 Å². The molecular weight excluding hydrogens is 264 g/mol. The van der Waals surface area contributed by atoms with Gasteiger partial charge in [0.25, 0.3) is 0 Å². The number of fused-ring (bicyclic) bond motifs is 1. The topological polar surface area (TPSA) is 59.4 Å². The van der Waals surface area contributed by atoms with Gasteiger partial charge in [0.15, 0.2) is 0 Å². The van der Waals surface area contributed by atoms with E-state index in [1.165, 1.54) is 0 Å². The van der Waals surface area contributed by atoms with Gasteiger partial charge in [-0.05, 0) is 18.2 Å². The second-order valence-corrected chi connectivity index (χ2v) is 4.60. The van der Waals surface area contributed by atoms with Gasteiger partial charge in [-0.2, -0.15) is 5.26 Å². The van der Waals surface area contributed by atoms with Gasteiger partial charge in [0.05, 0.1) is 18.3 Å². The van der Waals surface area contributed by atoms with Crippen LogP contribution in [0.1, 0.15) is 5.56 Å². The van der Waals surface area contributed by atoms with Gasteiger partial charge in [0.2, 0.25) is 5.91 Å². The van der Waals surface area contributed by atoms with Gasteiger partial charge >= 0.3 is 0 Å². The zero-order valence-electron chi connectivity index (χ0n) is 10.4. The summed E-state index contributed by atoms with van der Waals surface area (Å²) in [5, 5.41) is 12.1. The molecule has 1 N–H and O–H groups in total. The van der Waals surface area contributed by atoms with Gasteiger partial charge in [-0.15, -0.1) is 12.4 Å². The van der Waals surface area contributed by atoms with Crippen molar-refractivity contribution in [3.05, 3.63) is 29.8 Å². The lowest BCUT2D eigenvalue weighted by Gasteiger charge is -2.26. The van der Waals surface area contributed by atoms with Crippen molar-refractivity contribution in [3.63, 3.8) is 0 Å². The Kier molecular flexibility index (Phi) is 4.05. The average molecular weight is 279 g/mol. The van der Waals surface area contributed by atoms with Gasteiger partial charge in [0, 0.05) is 25.3 Å². The standard InChI is InChI=1S/C13H14N4O.ClH/c14-7-10-2-1-3-11(6-10)17-9-16-5-4-15-8-12(16)13(17)18;/h1-3,6,12,15H,4-5,8-9H2;1H. The van der Waals surface area contributed by atoms with Gasteiger partial charge in [0.1, 0.15) is 6.04 Å². The first-order chi connectivity index (χ1) is 8.79. The number of benzene rings is 1. The predicted octanol–water partition coefficient (Wildman–Crippen LogP) is 0.558. The Balaban J connectivity index is 0.00000133. The monoisotopic (exact) mass is 278 g/mol. The first kappa shape index (κ1) is 13.8. The van der Waals surface area contributed by atoms with Crippen LogP contribution in [0.2, 0.25) is 0 Å². The second kappa shape index (κ2) is 5.57. The third kappa shape index (κ3) is 2.43. The van der Waals surface area contributed by atoms with E-state index < -0.39 is 0 Å². The molecule has 100 valence electrons. The number of carbonyl (C=O) groups excluding carboxylic acids is 1. The van der Waals surface area contributed by atoms with Crippen LogP contribution in [0, 0.1) is 11.3 Å². The van der Waals surface area contributed by atoms with Crippen molar-refractivity contribution in [3.8, 4) is 6.07 Å². The van der Waals surface area contributed by atoms with Gasteiger partial charge in [-0.25, -0.2) is 0 Å². The second-order valence-electron chi connectivity index (χ2n) is 4.60. The molecule has 6 heteroatoms. The Hall–Kier alpha value is -1.61. The molecule has 2 aliphatic heterocycles. The highest BCUT2D eigenvalue weighted by molar-refractivity contribution is 5.99. The van der Waals surface area contributed by atoms with E-state index in [4.69, 9.17) is 5.26 Å². The van der Waals surface area contributed by atoms with E-state index in [-0.39, 0.29) is 24.4 Å². The molecule has 3 rings (SSSR count). The number of nitriles is 1. The lowest BCUT2D eigenvalue weighted by molar-refractivity contribution is -0.119. The summed E-state index contributed by atoms with van der Waals surface area (Å²) in [5.74, 6) is 0.122. The number of carbonyl (C=O) groups is 1. The third-order valence-electron chi connectivity index (χ3n) is 3.52. The number of hydrogen-bond donors (Lipinski definition) is 1. The van der Waals surface area contributed by atoms with Crippen molar-refractivity contribution >= 4 is 24.0 Å². The highest BCUT2D eigenvalue weighted by atomic mass is 35.5. The van der Waals surface area contributed by atoms with E-state index in [1.54, 1.807) is 17.0 Å². The Morgan fingerprint density at radius 2 is 2.26 bits per heavy atom. The minimum Gasteiger partial charge on any atom is -0.313 e. The van der Waals surface area contributed by atoms with Crippen molar-refractivity contribution in [2.75, 3.05) is 31.2 Å². The predicted molar refractivity (Wildman–Crippen MR) is 74.1 cm³/mol. The summed E-state index contributed by atoms with van der Waals surface area (Å²) in [6, 6.07) is 9.27. The minimum absolute atomic E-state index is 0. The van der Waals surface area contributed by atoms with Crippen LogP contribution in [0.25, 0.3) is 0 Å². The number of hydrogen-bond acceptors (Lipinski definition) is 4. The van der Waals surface area contributed by atoms with Crippen molar-refractivity contribution in [1.82, 2.24) is 10.2 Å². The molecule has 2 aliphatic rings. The average Bonchev–Trinajstić information content (AvgIpc) is 2.77. The Morgan fingerprint density at radius 1 is 1.42 bits per heavy atom. The molecule has 2 saturated heterocycles. The maximum absolute atomic E-state index is 12.3. The molecule has 2 heterocycles. The number of nitrogens with one attached hydrogen (secondary N) is 1. The van der Waals surface area contributed by atoms with Crippen LogP contribution in [0.5, 0.6) is 0 Å². The number of nitrogens with zero attached hydrogens (tertiary/aromatic N) is 3. The highest BCUT2D eigenvalue weighted by Gasteiger charge is 2.40. The molecule has 1 unspecified atom stereocenters. The molecule has 0 spiro atoms. The zero-order valence-corrected chi connectivity index (χ0v) is 11.2. The first-order valence-electron chi connectivity index (χ1n) is 6.06. The van der Waals surface area contributed by atoms with E-state index in [2.05, 4.69) is 16.3 Å². The molecule has 2 fully saturated rings. The molecular formula is C13H15ClN4O. The maximum Gasteiger partial charge on any atom is 0.246 e. The molecule has 1 amide bonds. The number of halogens is 1. The largest absolute Gasteiger partial charge is 0.313 e. The normalized spacial score (nSPS) is 22.6. The van der Waals surface area contributed by atoms with Gasteiger partial charge in [-0.3, -0.25) is 14.6 Å². The van der Waals surface area contributed by atoms with Crippen LogP contribution in [-0.2, 0) is 4.79 Å². The zero-order chi connectivity index (χ0) is 12.5. The summed E-state index contributed by atoms with van der Waals surface area (Å²) in [6.07, 6.45) is 0. The van der Waals surface area contributed by atoms with Crippen molar-refractivity contribution in [1.29, 1.82) is 5.26 Å². The molecule has 0 saturated carbocycles. The van der Waals surface area contributed by atoms with E-state index in [0.29, 0.717) is 18.8 Å².